The van der Waals surface area contributed by atoms with Crippen LogP contribution in [0.1, 0.15) is 29.0 Å². The van der Waals surface area contributed by atoms with Crippen LogP contribution in [-0.2, 0) is 13.0 Å². The molecule has 1 N–H and O–H groups in total. The average Bonchev–Trinajstić information content (AvgIpc) is 3.09. The van der Waals surface area contributed by atoms with Gasteiger partial charge in [0, 0.05) is 49.9 Å². The lowest BCUT2D eigenvalue weighted by molar-refractivity contribution is 0.612. The van der Waals surface area contributed by atoms with E-state index in [1.165, 1.54) is 28.2 Å². The molecule has 106 valence electrons. The maximum Gasteiger partial charge on any atom is 0.0965 e. The lowest BCUT2D eigenvalue weighted by atomic mass is 10.1. The van der Waals surface area contributed by atoms with Crippen molar-refractivity contribution in [2.24, 2.45) is 0 Å². The number of nitrogens with one attached hydrogen (secondary N) is 1. The van der Waals surface area contributed by atoms with E-state index < -0.39 is 0 Å². The highest BCUT2D eigenvalue weighted by Crippen LogP contribution is 2.27. The van der Waals surface area contributed by atoms with E-state index in [9.17, 15) is 0 Å². The van der Waals surface area contributed by atoms with Crippen LogP contribution in [0.4, 0.5) is 5.69 Å². The van der Waals surface area contributed by atoms with E-state index in [1.54, 1.807) is 11.3 Å². The van der Waals surface area contributed by atoms with Crippen LogP contribution in [-0.4, -0.2) is 25.1 Å². The number of fused-ring (bicyclic) bond motifs is 1. The van der Waals surface area contributed by atoms with E-state index in [1.807, 2.05) is 11.6 Å². The summed E-state index contributed by atoms with van der Waals surface area (Å²) in [5.74, 6) is 0.482. The molecule has 0 saturated carbocycles. The normalized spacial score (nSPS) is 15.4. The van der Waals surface area contributed by atoms with Gasteiger partial charge in [-0.25, -0.2) is 4.98 Å². The summed E-state index contributed by atoms with van der Waals surface area (Å²) in [6.45, 7) is 5.29. The van der Waals surface area contributed by atoms with E-state index >= 15 is 0 Å². The number of aromatic nitrogens is 1. The number of nitrogens with zero attached hydrogens (tertiary/aromatic N) is 2. The summed E-state index contributed by atoms with van der Waals surface area (Å²) in [6, 6.07) is 6.84. The lowest BCUT2D eigenvalue weighted by Gasteiger charge is -2.13. The highest BCUT2D eigenvalue weighted by Gasteiger charge is 2.15. The molecule has 2 aromatic rings. The van der Waals surface area contributed by atoms with Crippen molar-refractivity contribution in [3.05, 3.63) is 45.9 Å². The molecule has 20 heavy (non-hydrogen) atoms. The van der Waals surface area contributed by atoms with Crippen LogP contribution in [0.3, 0.4) is 0 Å². The third kappa shape index (κ3) is 2.86. The molecule has 0 fully saturated rings. The number of thiazole rings is 1. The summed E-state index contributed by atoms with van der Waals surface area (Å²) < 4.78 is 0. The van der Waals surface area contributed by atoms with Gasteiger partial charge in [-0.2, -0.15) is 0 Å². The minimum Gasteiger partial charge on any atom is -0.374 e. The SMILES string of the molecule is CC(CNCc1ccc2c(c1)CCN2C)c1nccs1. The molecule has 3 rings (SSSR count). The standard InChI is InChI=1S/C16H21N3S/c1-12(16-18-6-8-20-16)10-17-11-13-3-4-15-14(9-13)5-7-19(15)2/h3-4,6,8-9,12,17H,5,7,10-11H2,1-2H3. The van der Waals surface area contributed by atoms with Crippen LogP contribution < -0.4 is 10.2 Å². The first kappa shape index (κ1) is 13.6. The molecule has 0 radical (unpaired) electrons. The topological polar surface area (TPSA) is 28.2 Å². The van der Waals surface area contributed by atoms with Crippen LogP contribution in [0, 0.1) is 0 Å². The van der Waals surface area contributed by atoms with Crippen molar-refractivity contribution in [1.29, 1.82) is 0 Å². The van der Waals surface area contributed by atoms with Crippen molar-refractivity contribution in [1.82, 2.24) is 10.3 Å². The molecule has 1 aromatic carbocycles. The quantitative estimate of drug-likeness (QED) is 0.916. The Morgan fingerprint density at radius 2 is 2.35 bits per heavy atom. The smallest absolute Gasteiger partial charge is 0.0965 e. The molecule has 0 aliphatic carbocycles. The molecule has 0 bridgehead atoms. The average molecular weight is 287 g/mol. The first-order valence-corrected chi connectivity index (χ1v) is 8.05. The van der Waals surface area contributed by atoms with Gasteiger partial charge in [-0.05, 0) is 23.6 Å². The van der Waals surface area contributed by atoms with E-state index in [-0.39, 0.29) is 0 Å². The van der Waals surface area contributed by atoms with Gasteiger partial charge in [-0.3, -0.25) is 0 Å². The number of anilines is 1. The van der Waals surface area contributed by atoms with Crippen LogP contribution >= 0.6 is 11.3 Å². The van der Waals surface area contributed by atoms with Crippen LogP contribution in [0.25, 0.3) is 0 Å². The Kier molecular flexibility index (Phi) is 4.03. The predicted octanol–water partition coefficient (Wildman–Crippen LogP) is 3.03. The molecule has 2 heterocycles. The molecular formula is C16H21N3S. The summed E-state index contributed by atoms with van der Waals surface area (Å²) >= 11 is 1.74. The fourth-order valence-electron chi connectivity index (χ4n) is 2.73. The number of hydrogen-bond acceptors (Lipinski definition) is 4. The zero-order valence-electron chi connectivity index (χ0n) is 12.1. The minimum absolute atomic E-state index is 0.482. The van der Waals surface area contributed by atoms with Gasteiger partial charge >= 0.3 is 0 Å². The Balaban J connectivity index is 1.54. The zero-order chi connectivity index (χ0) is 13.9. The Morgan fingerprint density at radius 3 is 3.15 bits per heavy atom. The van der Waals surface area contributed by atoms with Gasteiger partial charge in [0.25, 0.3) is 0 Å². The van der Waals surface area contributed by atoms with Gasteiger partial charge in [0.1, 0.15) is 0 Å². The zero-order valence-corrected chi connectivity index (χ0v) is 12.9. The van der Waals surface area contributed by atoms with Crippen molar-refractivity contribution < 1.29 is 0 Å². The second-order valence-electron chi connectivity index (χ2n) is 5.54. The summed E-state index contributed by atoms with van der Waals surface area (Å²) in [6.07, 6.45) is 3.06. The van der Waals surface area contributed by atoms with Gasteiger partial charge in [0.05, 0.1) is 5.01 Å². The molecule has 1 aliphatic heterocycles. The number of hydrogen-bond donors (Lipinski definition) is 1. The number of benzene rings is 1. The molecule has 0 amide bonds. The van der Waals surface area contributed by atoms with Gasteiger partial charge in [-0.1, -0.05) is 19.1 Å². The molecule has 4 heteroatoms. The Hall–Kier alpha value is -1.39. The van der Waals surface area contributed by atoms with Gasteiger partial charge < -0.3 is 10.2 Å². The van der Waals surface area contributed by atoms with Gasteiger partial charge in [0.2, 0.25) is 0 Å². The maximum absolute atomic E-state index is 4.37. The molecular weight excluding hydrogens is 266 g/mol. The van der Waals surface area contributed by atoms with Crippen LogP contribution in [0.2, 0.25) is 0 Å². The first-order valence-electron chi connectivity index (χ1n) is 7.17. The largest absolute Gasteiger partial charge is 0.374 e. The predicted molar refractivity (Wildman–Crippen MR) is 85.7 cm³/mol. The molecule has 1 aromatic heterocycles. The van der Waals surface area contributed by atoms with E-state index in [4.69, 9.17) is 0 Å². The van der Waals surface area contributed by atoms with Gasteiger partial charge in [-0.15, -0.1) is 11.3 Å². The summed E-state index contributed by atoms with van der Waals surface area (Å²) in [7, 11) is 2.17. The Labute approximate surface area is 124 Å². The summed E-state index contributed by atoms with van der Waals surface area (Å²) in [4.78, 5) is 6.70. The highest BCUT2D eigenvalue weighted by molar-refractivity contribution is 7.09. The second kappa shape index (κ2) is 5.94. The summed E-state index contributed by atoms with van der Waals surface area (Å²) in [5, 5.41) is 6.81. The molecule has 1 unspecified atom stereocenters. The molecule has 1 atom stereocenters. The fraction of sp³-hybridized carbons (Fsp3) is 0.438. The number of likely N-dealkylation sites (N-methyl/N-ethyl adjacent to an activating group) is 1. The monoisotopic (exact) mass is 287 g/mol. The lowest BCUT2D eigenvalue weighted by Crippen LogP contribution is -2.19. The van der Waals surface area contributed by atoms with E-state index in [0.717, 1.165) is 19.6 Å². The Bertz CT molecular complexity index is 565. The fourth-order valence-corrected chi connectivity index (χ4v) is 3.43. The molecule has 3 nitrogen and oxygen atoms in total. The van der Waals surface area contributed by atoms with E-state index in [0.29, 0.717) is 5.92 Å². The van der Waals surface area contributed by atoms with Crippen molar-refractivity contribution in [2.75, 3.05) is 25.0 Å². The molecule has 0 saturated heterocycles. The maximum atomic E-state index is 4.37. The van der Waals surface area contributed by atoms with Crippen molar-refractivity contribution >= 4 is 17.0 Å². The minimum atomic E-state index is 0.482. The van der Waals surface area contributed by atoms with Crippen molar-refractivity contribution in [3.63, 3.8) is 0 Å². The Morgan fingerprint density at radius 1 is 1.45 bits per heavy atom. The highest BCUT2D eigenvalue weighted by atomic mass is 32.1. The first-order chi connectivity index (χ1) is 9.74. The number of rotatable bonds is 5. The van der Waals surface area contributed by atoms with Crippen LogP contribution in [0.15, 0.2) is 29.8 Å². The van der Waals surface area contributed by atoms with Crippen LogP contribution in [0.5, 0.6) is 0 Å². The molecule has 1 aliphatic rings. The van der Waals surface area contributed by atoms with Crippen molar-refractivity contribution in [2.45, 2.75) is 25.8 Å². The van der Waals surface area contributed by atoms with Crippen molar-refractivity contribution in [3.8, 4) is 0 Å². The molecule has 0 spiro atoms. The third-order valence-corrected chi connectivity index (χ3v) is 4.93. The summed E-state index contributed by atoms with van der Waals surface area (Å²) in [5.41, 5.74) is 4.26. The van der Waals surface area contributed by atoms with Gasteiger partial charge in [0.15, 0.2) is 0 Å². The third-order valence-electron chi connectivity index (χ3n) is 3.92. The second-order valence-corrected chi connectivity index (χ2v) is 6.46. The van der Waals surface area contributed by atoms with E-state index in [2.05, 4.69) is 47.4 Å².